The van der Waals surface area contributed by atoms with Gasteiger partial charge in [-0.05, 0) is 49.9 Å². The monoisotopic (exact) mass is 279 g/mol. The molecule has 0 radical (unpaired) electrons. The highest BCUT2D eigenvalue weighted by Crippen LogP contribution is 2.51. The van der Waals surface area contributed by atoms with Gasteiger partial charge in [-0.25, -0.2) is 0 Å². The van der Waals surface area contributed by atoms with E-state index >= 15 is 0 Å². The predicted octanol–water partition coefficient (Wildman–Crippen LogP) is 4.04. The van der Waals surface area contributed by atoms with E-state index in [0.29, 0.717) is 5.41 Å². The van der Waals surface area contributed by atoms with Gasteiger partial charge in [0.15, 0.2) is 0 Å². The first-order chi connectivity index (χ1) is 8.73. The van der Waals surface area contributed by atoms with Gasteiger partial charge in [0.2, 0.25) is 0 Å². The Bertz CT molecular complexity index is 445. The van der Waals surface area contributed by atoms with E-state index in [9.17, 15) is 0 Å². The van der Waals surface area contributed by atoms with Crippen LogP contribution in [0.5, 0.6) is 0 Å². The zero-order valence-electron chi connectivity index (χ0n) is 12.4. The topological polar surface area (TPSA) is 3.24 Å². The van der Waals surface area contributed by atoms with Gasteiger partial charge in [-0.15, -0.1) is 12.4 Å². The first-order valence-electron chi connectivity index (χ1n) is 7.51. The quantitative estimate of drug-likeness (QED) is 0.790. The fourth-order valence-electron chi connectivity index (χ4n) is 4.74. The number of nitrogens with zero attached hydrogens (tertiary/aromatic N) is 1. The van der Waals surface area contributed by atoms with E-state index in [2.05, 4.69) is 50.1 Å². The average Bonchev–Trinajstić information content (AvgIpc) is 2.42. The molecule has 0 aromatic heterocycles. The number of hydrogen-bond acceptors (Lipinski definition) is 1. The summed E-state index contributed by atoms with van der Waals surface area (Å²) in [4.78, 5) is 2.61. The Labute approximate surface area is 123 Å². The molecule has 1 saturated heterocycles. The van der Waals surface area contributed by atoms with Crippen molar-refractivity contribution < 1.29 is 0 Å². The minimum absolute atomic E-state index is 0. The molecule has 1 nitrogen and oxygen atoms in total. The molecular formula is C17H26ClN. The largest absolute Gasteiger partial charge is 0.303 e. The standard InChI is InChI=1S/C17H25N.ClH/c1-4-14-16-12-13-8-6-7-9-15(13)17(14,5-2)10-11-18(16)3;/h6-9,14,16H,4-5,10-12H2,1-3H3;1H/t14-,16-,17+;/m0./s1. The molecule has 0 unspecified atom stereocenters. The van der Waals surface area contributed by atoms with Crippen molar-refractivity contribution in [3.63, 3.8) is 0 Å². The molecule has 1 aromatic carbocycles. The fourth-order valence-corrected chi connectivity index (χ4v) is 4.74. The van der Waals surface area contributed by atoms with Gasteiger partial charge in [-0.1, -0.05) is 44.5 Å². The maximum absolute atomic E-state index is 2.61. The van der Waals surface area contributed by atoms with Crippen LogP contribution in [0, 0.1) is 5.92 Å². The van der Waals surface area contributed by atoms with Crippen LogP contribution in [0.4, 0.5) is 0 Å². The van der Waals surface area contributed by atoms with Crippen LogP contribution < -0.4 is 0 Å². The van der Waals surface area contributed by atoms with Crippen molar-refractivity contribution in [2.45, 2.75) is 51.0 Å². The van der Waals surface area contributed by atoms with Crippen LogP contribution in [0.15, 0.2) is 24.3 Å². The molecule has 19 heavy (non-hydrogen) atoms. The highest BCUT2D eigenvalue weighted by molar-refractivity contribution is 5.85. The van der Waals surface area contributed by atoms with Gasteiger partial charge in [0.1, 0.15) is 0 Å². The van der Waals surface area contributed by atoms with Gasteiger partial charge >= 0.3 is 0 Å². The summed E-state index contributed by atoms with van der Waals surface area (Å²) in [6.45, 7) is 6.05. The zero-order chi connectivity index (χ0) is 12.8. The van der Waals surface area contributed by atoms with Crippen molar-refractivity contribution in [1.82, 2.24) is 4.90 Å². The molecule has 2 bridgehead atoms. The van der Waals surface area contributed by atoms with Crippen molar-refractivity contribution in [2.24, 2.45) is 5.92 Å². The lowest BCUT2D eigenvalue weighted by Crippen LogP contribution is -2.58. The molecule has 1 aromatic rings. The summed E-state index contributed by atoms with van der Waals surface area (Å²) >= 11 is 0. The van der Waals surface area contributed by atoms with E-state index in [1.807, 2.05) is 0 Å². The minimum Gasteiger partial charge on any atom is -0.303 e. The Morgan fingerprint density at radius 3 is 2.68 bits per heavy atom. The summed E-state index contributed by atoms with van der Waals surface area (Å²) in [5.74, 6) is 0.844. The summed E-state index contributed by atoms with van der Waals surface area (Å²) in [5.41, 5.74) is 3.74. The van der Waals surface area contributed by atoms with Crippen molar-refractivity contribution in [3.8, 4) is 0 Å². The van der Waals surface area contributed by atoms with Crippen molar-refractivity contribution >= 4 is 12.4 Å². The van der Waals surface area contributed by atoms with Gasteiger partial charge in [0.05, 0.1) is 0 Å². The highest BCUT2D eigenvalue weighted by Gasteiger charge is 2.50. The molecule has 3 rings (SSSR count). The number of likely N-dealkylation sites (N-methyl/N-ethyl adjacent to an activating group) is 1. The second kappa shape index (κ2) is 5.46. The molecule has 106 valence electrons. The third kappa shape index (κ3) is 2.02. The molecular weight excluding hydrogens is 254 g/mol. The first kappa shape index (κ1) is 14.9. The van der Waals surface area contributed by atoms with E-state index in [1.165, 1.54) is 32.2 Å². The highest BCUT2D eigenvalue weighted by atomic mass is 35.5. The Kier molecular flexibility index (Phi) is 4.27. The lowest BCUT2D eigenvalue weighted by atomic mass is 9.55. The molecule has 1 heterocycles. The van der Waals surface area contributed by atoms with Gasteiger partial charge in [0, 0.05) is 11.5 Å². The van der Waals surface area contributed by atoms with Gasteiger partial charge < -0.3 is 4.90 Å². The number of piperidine rings is 1. The molecule has 3 atom stereocenters. The average molecular weight is 280 g/mol. The summed E-state index contributed by atoms with van der Waals surface area (Å²) in [6.07, 6.45) is 5.21. The normalized spacial score (nSPS) is 33.4. The third-order valence-electron chi connectivity index (χ3n) is 5.70. The van der Waals surface area contributed by atoms with Crippen LogP contribution >= 0.6 is 12.4 Å². The van der Waals surface area contributed by atoms with Crippen LogP contribution in [0.3, 0.4) is 0 Å². The first-order valence-corrected chi connectivity index (χ1v) is 7.51. The smallest absolute Gasteiger partial charge is 0.0169 e. The molecule has 2 aliphatic rings. The Morgan fingerprint density at radius 2 is 2.00 bits per heavy atom. The van der Waals surface area contributed by atoms with Gasteiger partial charge in [0.25, 0.3) is 0 Å². The summed E-state index contributed by atoms with van der Waals surface area (Å²) < 4.78 is 0. The number of hydrogen-bond donors (Lipinski definition) is 0. The summed E-state index contributed by atoms with van der Waals surface area (Å²) in [6, 6.07) is 9.98. The van der Waals surface area contributed by atoms with Crippen LogP contribution in [-0.4, -0.2) is 24.5 Å². The Hall–Kier alpha value is -0.530. The van der Waals surface area contributed by atoms with Crippen LogP contribution in [0.1, 0.15) is 44.2 Å². The van der Waals surface area contributed by atoms with Gasteiger partial charge in [-0.2, -0.15) is 0 Å². The fraction of sp³-hybridized carbons (Fsp3) is 0.647. The molecule has 0 saturated carbocycles. The summed E-state index contributed by atoms with van der Waals surface area (Å²) in [5, 5.41) is 0. The molecule has 0 spiro atoms. The van der Waals surface area contributed by atoms with E-state index in [4.69, 9.17) is 0 Å². The summed E-state index contributed by atoms with van der Waals surface area (Å²) in [7, 11) is 2.32. The van der Waals surface area contributed by atoms with E-state index in [0.717, 1.165) is 12.0 Å². The van der Waals surface area contributed by atoms with Crippen molar-refractivity contribution in [1.29, 1.82) is 0 Å². The van der Waals surface area contributed by atoms with Crippen molar-refractivity contribution in [2.75, 3.05) is 13.6 Å². The molecule has 2 heteroatoms. The Morgan fingerprint density at radius 1 is 1.26 bits per heavy atom. The second-order valence-corrected chi connectivity index (χ2v) is 6.18. The third-order valence-corrected chi connectivity index (χ3v) is 5.70. The minimum atomic E-state index is 0. The lowest BCUT2D eigenvalue weighted by Gasteiger charge is -2.56. The molecule has 1 aliphatic heterocycles. The number of likely N-dealkylation sites (tertiary alicyclic amines) is 1. The maximum Gasteiger partial charge on any atom is 0.0169 e. The lowest BCUT2D eigenvalue weighted by molar-refractivity contribution is 0.0259. The van der Waals surface area contributed by atoms with Crippen LogP contribution in [-0.2, 0) is 11.8 Å². The number of fused-ring (bicyclic) bond motifs is 4. The Balaban J connectivity index is 0.00000133. The van der Waals surface area contributed by atoms with Gasteiger partial charge in [-0.3, -0.25) is 0 Å². The molecule has 0 N–H and O–H groups in total. The van der Waals surface area contributed by atoms with Crippen LogP contribution in [0.2, 0.25) is 0 Å². The molecule has 0 amide bonds. The zero-order valence-corrected chi connectivity index (χ0v) is 13.2. The number of benzene rings is 1. The molecule has 1 aliphatic carbocycles. The van der Waals surface area contributed by atoms with Crippen molar-refractivity contribution in [3.05, 3.63) is 35.4 Å². The number of halogens is 1. The SMILES string of the molecule is CC[C@H]1[C@@H]2Cc3ccccc3[C@]1(CC)CCN2C.Cl. The van der Waals surface area contributed by atoms with Crippen LogP contribution in [0.25, 0.3) is 0 Å². The van der Waals surface area contributed by atoms with E-state index in [-0.39, 0.29) is 12.4 Å². The predicted molar refractivity (Wildman–Crippen MR) is 84.2 cm³/mol. The number of rotatable bonds is 2. The van der Waals surface area contributed by atoms with E-state index < -0.39 is 0 Å². The molecule has 1 fully saturated rings. The maximum atomic E-state index is 2.61. The van der Waals surface area contributed by atoms with E-state index in [1.54, 1.807) is 11.1 Å². The second-order valence-electron chi connectivity index (χ2n) is 6.18.